The van der Waals surface area contributed by atoms with E-state index >= 15 is 0 Å². The van der Waals surface area contributed by atoms with Crippen LogP contribution in [0.2, 0.25) is 0 Å². The lowest BCUT2D eigenvalue weighted by Gasteiger charge is -2.19. The van der Waals surface area contributed by atoms with Crippen molar-refractivity contribution >= 4 is 57.8 Å². The Morgan fingerprint density at radius 3 is 2.33 bits per heavy atom. The Morgan fingerprint density at radius 1 is 1.00 bits per heavy atom. The topological polar surface area (TPSA) is 108 Å². The highest BCUT2D eigenvalue weighted by atomic mass is 32.2. The van der Waals surface area contributed by atoms with Crippen LogP contribution in [-0.4, -0.2) is 42.7 Å². The number of hydrogen-bond donors (Lipinski definition) is 2. The van der Waals surface area contributed by atoms with Crippen LogP contribution in [0, 0.1) is 0 Å². The Kier molecular flexibility index (Phi) is 7.50. The van der Waals surface area contributed by atoms with Gasteiger partial charge in [0.2, 0.25) is 5.91 Å². The van der Waals surface area contributed by atoms with Crippen molar-refractivity contribution in [1.29, 1.82) is 0 Å². The molecule has 0 unspecified atom stereocenters. The summed E-state index contributed by atoms with van der Waals surface area (Å²) >= 11 is 1.13. The molecule has 0 radical (unpaired) electrons. The van der Waals surface area contributed by atoms with Crippen molar-refractivity contribution in [2.45, 2.75) is 0 Å². The maximum atomic E-state index is 13.4. The molecular weight excluding hydrogens is 474 g/mol. The summed E-state index contributed by atoms with van der Waals surface area (Å²) in [5.74, 6) is -1.29. The summed E-state index contributed by atoms with van der Waals surface area (Å²) in [5.41, 5.74) is 8.72. The first kappa shape index (κ1) is 24.7. The van der Waals surface area contributed by atoms with Gasteiger partial charge in [-0.25, -0.2) is 4.99 Å². The smallest absolute Gasteiger partial charge is 0.283 e. The summed E-state index contributed by atoms with van der Waals surface area (Å²) in [6.45, 7) is 0. The number of nitrogens with zero attached hydrogens (tertiary/aromatic N) is 3. The molecule has 3 amide bonds. The number of amidine groups is 1. The van der Waals surface area contributed by atoms with Crippen LogP contribution in [0.25, 0.3) is 6.08 Å². The lowest BCUT2D eigenvalue weighted by molar-refractivity contribution is -0.114. The van der Waals surface area contributed by atoms with Gasteiger partial charge in [-0.3, -0.25) is 19.3 Å². The van der Waals surface area contributed by atoms with E-state index in [0.717, 1.165) is 23.0 Å². The minimum Gasteiger partial charge on any atom is -0.378 e. The van der Waals surface area contributed by atoms with Crippen molar-refractivity contribution < 1.29 is 14.4 Å². The number of carbonyl (C=O) groups is 3. The highest BCUT2D eigenvalue weighted by Crippen LogP contribution is 2.30. The summed E-state index contributed by atoms with van der Waals surface area (Å²) < 4.78 is 0. The number of amides is 3. The van der Waals surface area contributed by atoms with Gasteiger partial charge < -0.3 is 16.0 Å². The fourth-order valence-electron chi connectivity index (χ4n) is 3.55. The summed E-state index contributed by atoms with van der Waals surface area (Å²) in [6.07, 6.45) is 1.72. The van der Waals surface area contributed by atoms with Crippen LogP contribution in [0.5, 0.6) is 0 Å². The van der Waals surface area contributed by atoms with Crippen molar-refractivity contribution in [3.63, 3.8) is 0 Å². The number of nitrogens with two attached hydrogens (primary N) is 1. The Labute approximate surface area is 213 Å². The fourth-order valence-corrected chi connectivity index (χ4v) is 4.36. The number of para-hydroxylation sites is 1. The number of carbonyl (C=O) groups excluding carboxylic acids is 3. The molecule has 9 heteroatoms. The zero-order chi connectivity index (χ0) is 25.7. The van der Waals surface area contributed by atoms with E-state index in [1.807, 2.05) is 73.6 Å². The van der Waals surface area contributed by atoms with Crippen LogP contribution in [0.1, 0.15) is 15.9 Å². The Morgan fingerprint density at radius 2 is 1.67 bits per heavy atom. The molecule has 0 saturated carbocycles. The Bertz CT molecular complexity index is 1350. The van der Waals surface area contributed by atoms with Gasteiger partial charge in [0.25, 0.3) is 11.8 Å². The predicted molar refractivity (Wildman–Crippen MR) is 146 cm³/mol. The lowest BCUT2D eigenvalue weighted by Crippen LogP contribution is -2.31. The van der Waals surface area contributed by atoms with Crippen molar-refractivity contribution in [2.75, 3.05) is 35.0 Å². The second kappa shape index (κ2) is 10.9. The molecule has 0 fully saturated rings. The second-order valence-corrected chi connectivity index (χ2v) is 9.08. The molecule has 0 atom stereocenters. The van der Waals surface area contributed by atoms with Gasteiger partial charge in [-0.2, -0.15) is 0 Å². The first-order chi connectivity index (χ1) is 17.3. The molecule has 0 bridgehead atoms. The minimum atomic E-state index is -0.632. The van der Waals surface area contributed by atoms with Crippen LogP contribution >= 0.6 is 11.8 Å². The molecule has 0 spiro atoms. The highest BCUT2D eigenvalue weighted by Gasteiger charge is 2.32. The highest BCUT2D eigenvalue weighted by molar-refractivity contribution is 8.14. The molecule has 8 nitrogen and oxygen atoms in total. The van der Waals surface area contributed by atoms with Crippen molar-refractivity contribution in [2.24, 2.45) is 10.7 Å². The molecule has 0 aromatic heterocycles. The van der Waals surface area contributed by atoms with Crippen LogP contribution in [-0.2, 0) is 9.59 Å². The number of thioether (sulfide) groups is 1. The summed E-state index contributed by atoms with van der Waals surface area (Å²) in [6, 6.07) is 23.5. The number of rotatable bonds is 7. The number of aliphatic imine (C=N–C) groups is 1. The third-order valence-electron chi connectivity index (χ3n) is 5.36. The van der Waals surface area contributed by atoms with Crippen LogP contribution in [0.3, 0.4) is 0 Å². The van der Waals surface area contributed by atoms with Crippen molar-refractivity contribution in [3.8, 4) is 0 Å². The van der Waals surface area contributed by atoms with E-state index in [4.69, 9.17) is 5.73 Å². The maximum absolute atomic E-state index is 13.4. The molecule has 0 aliphatic carbocycles. The average molecular weight is 500 g/mol. The number of hydrogen-bond acceptors (Lipinski definition) is 6. The van der Waals surface area contributed by atoms with Crippen molar-refractivity contribution in [3.05, 3.63) is 95.7 Å². The normalized spacial score (nSPS) is 14.1. The molecule has 1 aliphatic rings. The molecule has 1 aliphatic heterocycles. The monoisotopic (exact) mass is 499 g/mol. The number of benzene rings is 3. The fraction of sp³-hybridized carbons (Fsp3) is 0.111. The molecule has 3 N–H and O–H groups in total. The van der Waals surface area contributed by atoms with Gasteiger partial charge in [0.05, 0.1) is 22.7 Å². The van der Waals surface area contributed by atoms with E-state index < -0.39 is 5.91 Å². The van der Waals surface area contributed by atoms with Crippen molar-refractivity contribution in [1.82, 2.24) is 0 Å². The van der Waals surface area contributed by atoms with E-state index in [9.17, 15) is 14.4 Å². The van der Waals surface area contributed by atoms with E-state index in [2.05, 4.69) is 10.3 Å². The van der Waals surface area contributed by atoms with Gasteiger partial charge in [0, 0.05) is 19.8 Å². The second-order valence-electron chi connectivity index (χ2n) is 8.13. The molecule has 0 saturated heterocycles. The number of nitrogens with one attached hydrogen (secondary N) is 1. The predicted octanol–water partition coefficient (Wildman–Crippen LogP) is 3.97. The van der Waals surface area contributed by atoms with E-state index in [1.165, 1.54) is 4.90 Å². The zero-order valence-electron chi connectivity index (χ0n) is 19.8. The van der Waals surface area contributed by atoms with Crippen LogP contribution in [0.15, 0.2) is 89.6 Å². The van der Waals surface area contributed by atoms with Gasteiger partial charge in [0.15, 0.2) is 5.17 Å². The van der Waals surface area contributed by atoms with Gasteiger partial charge in [-0.15, -0.1) is 0 Å². The zero-order valence-corrected chi connectivity index (χ0v) is 20.7. The van der Waals surface area contributed by atoms with Gasteiger partial charge >= 0.3 is 0 Å². The minimum absolute atomic E-state index is 0.0237. The molecular formula is C27H25N5O3S. The van der Waals surface area contributed by atoms with E-state index in [0.29, 0.717) is 16.5 Å². The summed E-state index contributed by atoms with van der Waals surface area (Å²) in [5, 5.41) is 3.10. The van der Waals surface area contributed by atoms with E-state index in [-0.39, 0.29) is 28.8 Å². The van der Waals surface area contributed by atoms with Crippen LogP contribution < -0.4 is 20.9 Å². The molecule has 1 heterocycles. The average Bonchev–Trinajstić information content (AvgIpc) is 3.18. The molecule has 36 heavy (non-hydrogen) atoms. The summed E-state index contributed by atoms with van der Waals surface area (Å²) in [4.78, 5) is 45.7. The SMILES string of the molecule is CN(C)c1ccc(N2C(=O)/C(=C\c3ccccc3)N=C2SCC(=O)Nc2ccccc2C(N)=O)cc1. The Balaban J connectivity index is 1.58. The molecule has 3 aromatic carbocycles. The van der Waals surface area contributed by atoms with Gasteiger partial charge in [0.1, 0.15) is 5.70 Å². The van der Waals surface area contributed by atoms with Crippen LogP contribution in [0.4, 0.5) is 17.1 Å². The van der Waals surface area contributed by atoms with Gasteiger partial charge in [-0.05, 0) is 48.0 Å². The Hall–Kier alpha value is -4.37. The number of anilines is 3. The first-order valence-corrected chi connectivity index (χ1v) is 12.1. The largest absolute Gasteiger partial charge is 0.378 e. The molecule has 3 aromatic rings. The third kappa shape index (κ3) is 5.64. The first-order valence-electron chi connectivity index (χ1n) is 11.1. The molecule has 4 rings (SSSR count). The summed E-state index contributed by atoms with van der Waals surface area (Å²) in [7, 11) is 3.88. The standard InChI is InChI=1S/C27H25N5O3S/c1-31(2)19-12-14-20(15-13-19)32-26(35)23(16-18-8-4-3-5-9-18)30-27(32)36-17-24(33)29-22-11-7-6-10-21(22)25(28)34/h3-16H,17H2,1-2H3,(H2,28,34)(H,29,33)/b23-16+. The number of primary amides is 1. The lowest BCUT2D eigenvalue weighted by atomic mass is 10.1. The third-order valence-corrected chi connectivity index (χ3v) is 6.29. The van der Waals surface area contributed by atoms with Gasteiger partial charge in [-0.1, -0.05) is 54.2 Å². The quantitative estimate of drug-likeness (QED) is 0.479. The maximum Gasteiger partial charge on any atom is 0.283 e. The van der Waals surface area contributed by atoms with E-state index in [1.54, 1.807) is 30.3 Å². The molecule has 182 valence electrons.